The summed E-state index contributed by atoms with van der Waals surface area (Å²) in [6.45, 7) is 16.6. The van der Waals surface area contributed by atoms with Crippen LogP contribution in [0.5, 0.6) is 0 Å². The van der Waals surface area contributed by atoms with Crippen molar-refractivity contribution in [3.05, 3.63) is 53.3 Å². The van der Waals surface area contributed by atoms with E-state index in [0.29, 0.717) is 23.2 Å². The molecule has 3 rings (SSSR count). The number of hydrazone groups is 1. The van der Waals surface area contributed by atoms with E-state index in [1.807, 2.05) is 70.7 Å². The monoisotopic (exact) mass is 588 g/mol. The minimum atomic E-state index is -0.393. The number of aliphatic hydroxyl groups excluding tert-OH is 1. The van der Waals surface area contributed by atoms with E-state index in [-0.39, 0.29) is 24.5 Å². The van der Waals surface area contributed by atoms with Gasteiger partial charge >= 0.3 is 0 Å². The molecule has 3 unspecified atom stereocenters. The molecule has 228 valence electrons. The molecular formula is C31H49ClN6O3. The average molecular weight is 589 g/mol. The number of benzene rings is 1. The molecule has 0 bridgehead atoms. The molecule has 1 aromatic heterocycles. The summed E-state index contributed by atoms with van der Waals surface area (Å²) in [7, 11) is 0. The molecule has 2 amide bonds. The van der Waals surface area contributed by atoms with Crippen LogP contribution in [0.3, 0.4) is 0 Å². The van der Waals surface area contributed by atoms with Crippen LogP contribution in [0.15, 0.2) is 52.8 Å². The third-order valence-corrected chi connectivity index (χ3v) is 6.52. The Morgan fingerprint density at radius 2 is 1.85 bits per heavy atom. The van der Waals surface area contributed by atoms with Gasteiger partial charge in [0, 0.05) is 36.8 Å². The van der Waals surface area contributed by atoms with Gasteiger partial charge in [0.1, 0.15) is 6.04 Å². The van der Waals surface area contributed by atoms with E-state index in [1.165, 1.54) is 0 Å². The van der Waals surface area contributed by atoms with Crippen molar-refractivity contribution < 1.29 is 14.7 Å². The largest absolute Gasteiger partial charge is 0.394 e. The maximum absolute atomic E-state index is 12.4. The molecule has 0 radical (unpaired) electrons. The molecule has 1 fully saturated rings. The summed E-state index contributed by atoms with van der Waals surface area (Å²) in [6.07, 6.45) is 7.67. The zero-order chi connectivity index (χ0) is 31.4. The van der Waals surface area contributed by atoms with Crippen molar-refractivity contribution in [2.75, 3.05) is 13.2 Å². The van der Waals surface area contributed by atoms with Crippen LogP contribution in [0.4, 0.5) is 0 Å². The van der Waals surface area contributed by atoms with E-state index in [4.69, 9.17) is 17.4 Å². The molecule has 4 N–H and O–H groups in total. The van der Waals surface area contributed by atoms with Crippen LogP contribution in [0.25, 0.3) is 11.1 Å². The van der Waals surface area contributed by atoms with Gasteiger partial charge in [0.05, 0.1) is 23.4 Å². The number of pyridine rings is 1. The Morgan fingerprint density at radius 3 is 2.32 bits per heavy atom. The molecule has 9 nitrogen and oxygen atoms in total. The Labute approximate surface area is 251 Å². The number of aliphatic hydroxyl groups is 1. The fraction of sp³-hybridized carbons (Fsp3) is 0.516. The molecule has 41 heavy (non-hydrogen) atoms. The lowest BCUT2D eigenvalue weighted by Gasteiger charge is -2.26. The first-order valence-electron chi connectivity index (χ1n) is 14.3. The fourth-order valence-corrected chi connectivity index (χ4v) is 4.21. The number of aliphatic imine (C=N–C) groups is 1. The van der Waals surface area contributed by atoms with E-state index >= 15 is 0 Å². The molecule has 2 aromatic rings. The van der Waals surface area contributed by atoms with E-state index in [9.17, 15) is 14.7 Å². The second kappa shape index (κ2) is 21.4. The number of aromatic nitrogens is 1. The molecule has 1 saturated heterocycles. The van der Waals surface area contributed by atoms with Crippen LogP contribution in [-0.4, -0.2) is 64.5 Å². The highest BCUT2D eigenvalue weighted by molar-refractivity contribution is 6.33. The molecule has 3 atom stereocenters. The minimum absolute atomic E-state index is 0.121. The molecule has 1 aromatic carbocycles. The van der Waals surface area contributed by atoms with Gasteiger partial charge < -0.3 is 21.2 Å². The zero-order valence-electron chi connectivity index (χ0n) is 25.8. The lowest BCUT2D eigenvalue weighted by Crippen LogP contribution is -2.42. The molecule has 10 heteroatoms. The number of nitrogens with two attached hydrogens (primary N) is 1. The highest BCUT2D eigenvalue weighted by atomic mass is 35.5. The minimum Gasteiger partial charge on any atom is -0.394 e. The van der Waals surface area contributed by atoms with Crippen molar-refractivity contribution in [3.8, 4) is 11.1 Å². The highest BCUT2D eigenvalue weighted by Crippen LogP contribution is 2.27. The lowest BCUT2D eigenvalue weighted by molar-refractivity contribution is -0.134. The van der Waals surface area contributed by atoms with Gasteiger partial charge in [0.15, 0.2) is 0 Å². The average Bonchev–Trinajstić information content (AvgIpc) is 3.44. The number of rotatable bonds is 9. The summed E-state index contributed by atoms with van der Waals surface area (Å²) in [5, 5.41) is 15.9. The Balaban J connectivity index is 0.000000697. The highest BCUT2D eigenvalue weighted by Gasteiger charge is 2.31. The topological polar surface area (TPSA) is 133 Å². The number of likely N-dealkylation sites (tertiary alicyclic amines) is 1. The Kier molecular flexibility index (Phi) is 19.7. The van der Waals surface area contributed by atoms with E-state index in [0.717, 1.165) is 36.1 Å². The standard InChI is InChI=1S/C14H13ClN2O2.C13H24N4O.2C2H6/c15-13-5-6-16-7-12(13)10-1-3-11(4-2-10)14(8-18)17-9-19;1-9(2)12(15-8-10(3)16-14)13(18)17-7-5-6-11(17)4;2*1-2/h1-7,9,14,18H,8H2,(H,17,19);8-9,11-12H,5-7,14H2,1-4H3;2*1-2H3/b;15-8?,16-10-;;. The number of hydrogen-bond donors (Lipinski definition) is 3. The summed E-state index contributed by atoms with van der Waals surface area (Å²) < 4.78 is 0. The number of carbonyl (C=O) groups is 2. The predicted octanol–water partition coefficient (Wildman–Crippen LogP) is 5.66. The summed E-state index contributed by atoms with van der Waals surface area (Å²) in [6, 6.07) is 8.79. The maximum atomic E-state index is 12.4. The first-order valence-corrected chi connectivity index (χ1v) is 14.7. The SMILES string of the molecule is C/C(C=NC(C(=O)N1CCCC1C)C(C)C)=N/N.CC.CC.O=CNC(CO)c1ccc(-c2cnccc2Cl)cc1. The first kappa shape index (κ1) is 37.7. The van der Waals surface area contributed by atoms with Gasteiger partial charge in [-0.25, -0.2) is 0 Å². The maximum Gasteiger partial charge on any atom is 0.247 e. The van der Waals surface area contributed by atoms with Gasteiger partial charge in [0.2, 0.25) is 12.3 Å². The Morgan fingerprint density at radius 1 is 1.22 bits per heavy atom. The van der Waals surface area contributed by atoms with Crippen molar-refractivity contribution in [3.63, 3.8) is 0 Å². The summed E-state index contributed by atoms with van der Waals surface area (Å²) in [4.78, 5) is 33.2. The van der Waals surface area contributed by atoms with Crippen LogP contribution in [0.2, 0.25) is 5.02 Å². The number of hydrogen-bond acceptors (Lipinski definition) is 7. The lowest BCUT2D eigenvalue weighted by atomic mass is 10.0. The van der Waals surface area contributed by atoms with Crippen molar-refractivity contribution in [2.45, 2.75) is 86.4 Å². The molecule has 0 saturated carbocycles. The van der Waals surface area contributed by atoms with Gasteiger partial charge in [0.25, 0.3) is 0 Å². The van der Waals surface area contributed by atoms with Gasteiger partial charge in [-0.1, -0.05) is 77.4 Å². The molecule has 0 aliphatic carbocycles. The molecule has 0 spiro atoms. The normalized spacial score (nSPS) is 15.9. The predicted molar refractivity (Wildman–Crippen MR) is 171 cm³/mol. The first-order chi connectivity index (χ1) is 19.7. The van der Waals surface area contributed by atoms with Crippen molar-refractivity contribution in [1.29, 1.82) is 0 Å². The van der Waals surface area contributed by atoms with Gasteiger partial charge in [-0.05, 0) is 49.8 Å². The zero-order valence-corrected chi connectivity index (χ0v) is 26.6. The summed E-state index contributed by atoms with van der Waals surface area (Å²) >= 11 is 6.10. The molecule has 1 aliphatic heterocycles. The van der Waals surface area contributed by atoms with E-state index < -0.39 is 6.04 Å². The van der Waals surface area contributed by atoms with Gasteiger partial charge in [-0.2, -0.15) is 5.10 Å². The summed E-state index contributed by atoms with van der Waals surface area (Å²) in [5.74, 6) is 5.45. The van der Waals surface area contributed by atoms with Gasteiger partial charge in [-0.3, -0.25) is 19.6 Å². The fourth-order valence-electron chi connectivity index (χ4n) is 3.99. The van der Waals surface area contributed by atoms with Crippen molar-refractivity contribution in [2.24, 2.45) is 21.9 Å². The third-order valence-electron chi connectivity index (χ3n) is 6.19. The van der Waals surface area contributed by atoms with Crippen LogP contribution >= 0.6 is 11.6 Å². The van der Waals surface area contributed by atoms with Crippen LogP contribution in [0.1, 0.15) is 79.8 Å². The quantitative estimate of drug-likeness (QED) is 0.150. The second-order valence-electron chi connectivity index (χ2n) is 9.26. The van der Waals surface area contributed by atoms with Gasteiger partial charge in [-0.15, -0.1) is 0 Å². The van der Waals surface area contributed by atoms with Crippen molar-refractivity contribution >= 4 is 35.8 Å². The number of amides is 2. The smallest absolute Gasteiger partial charge is 0.247 e. The van der Waals surface area contributed by atoms with Crippen molar-refractivity contribution in [1.82, 2.24) is 15.2 Å². The van der Waals surface area contributed by atoms with E-state index in [1.54, 1.807) is 31.6 Å². The second-order valence-corrected chi connectivity index (χ2v) is 9.66. The Hall–Kier alpha value is -3.30. The van der Waals surface area contributed by atoms with Crippen LogP contribution in [-0.2, 0) is 9.59 Å². The summed E-state index contributed by atoms with van der Waals surface area (Å²) in [5.41, 5.74) is 3.24. The third kappa shape index (κ3) is 12.4. The number of halogens is 1. The number of carbonyl (C=O) groups excluding carboxylic acids is 2. The van der Waals surface area contributed by atoms with Crippen LogP contribution in [0, 0.1) is 5.92 Å². The Bertz CT molecular complexity index is 1080. The molecule has 2 heterocycles. The van der Waals surface area contributed by atoms with E-state index in [2.05, 4.69) is 27.3 Å². The van der Waals surface area contributed by atoms with Crippen LogP contribution < -0.4 is 11.2 Å². The molecular weight excluding hydrogens is 540 g/mol. The number of nitrogens with zero attached hydrogens (tertiary/aromatic N) is 4. The molecule has 1 aliphatic rings. The number of nitrogens with one attached hydrogen (secondary N) is 1.